The molecular weight excluding hydrogens is 126 g/mol. The molecule has 0 fully saturated rings. The molecule has 0 amide bonds. The van der Waals surface area contributed by atoms with E-state index < -0.39 is 0 Å². The van der Waals surface area contributed by atoms with Crippen molar-refractivity contribution in [1.82, 2.24) is 5.32 Å². The highest BCUT2D eigenvalue weighted by Crippen LogP contribution is 2.13. The van der Waals surface area contributed by atoms with Crippen molar-refractivity contribution in [3.05, 3.63) is 0 Å². The first-order chi connectivity index (χ1) is 4.58. The van der Waals surface area contributed by atoms with Gasteiger partial charge in [-0.05, 0) is 27.3 Å². The standard InChI is InChI=1S/C8H19NO/c1-6-7(10-5)8(2,3)9-4/h7,9H,6H2,1-5H3. The minimum Gasteiger partial charge on any atom is -0.380 e. The molecule has 0 saturated heterocycles. The lowest BCUT2D eigenvalue weighted by molar-refractivity contribution is 0.0333. The largest absolute Gasteiger partial charge is 0.380 e. The summed E-state index contributed by atoms with van der Waals surface area (Å²) in [5.41, 5.74) is 0.0868. The van der Waals surface area contributed by atoms with Crippen molar-refractivity contribution in [3.8, 4) is 0 Å². The minimum atomic E-state index is 0.0868. The van der Waals surface area contributed by atoms with Crippen LogP contribution in [0.2, 0.25) is 0 Å². The molecule has 62 valence electrons. The van der Waals surface area contributed by atoms with Crippen LogP contribution in [-0.4, -0.2) is 25.8 Å². The molecule has 1 atom stereocenters. The van der Waals surface area contributed by atoms with E-state index in [-0.39, 0.29) is 5.54 Å². The predicted molar refractivity (Wildman–Crippen MR) is 44.2 cm³/mol. The molecule has 0 radical (unpaired) electrons. The van der Waals surface area contributed by atoms with Gasteiger partial charge in [0.1, 0.15) is 0 Å². The van der Waals surface area contributed by atoms with Crippen molar-refractivity contribution in [2.75, 3.05) is 14.2 Å². The monoisotopic (exact) mass is 145 g/mol. The van der Waals surface area contributed by atoms with Crippen LogP contribution in [0.3, 0.4) is 0 Å². The smallest absolute Gasteiger partial charge is 0.0744 e. The van der Waals surface area contributed by atoms with E-state index in [2.05, 4.69) is 26.1 Å². The van der Waals surface area contributed by atoms with Gasteiger partial charge in [-0.15, -0.1) is 0 Å². The lowest BCUT2D eigenvalue weighted by atomic mass is 9.95. The molecule has 0 aliphatic carbocycles. The second-order valence-corrected chi connectivity index (χ2v) is 3.10. The predicted octanol–water partition coefficient (Wildman–Crippen LogP) is 1.41. The van der Waals surface area contributed by atoms with E-state index in [1.807, 2.05) is 7.05 Å². The number of ether oxygens (including phenoxy) is 1. The number of likely N-dealkylation sites (N-methyl/N-ethyl adjacent to an activating group) is 1. The molecule has 1 unspecified atom stereocenters. The number of rotatable bonds is 4. The molecule has 0 aromatic heterocycles. The molecule has 1 N–H and O–H groups in total. The van der Waals surface area contributed by atoms with Crippen molar-refractivity contribution in [3.63, 3.8) is 0 Å². The maximum atomic E-state index is 5.29. The Hall–Kier alpha value is -0.0800. The van der Waals surface area contributed by atoms with Crippen LogP contribution >= 0.6 is 0 Å². The topological polar surface area (TPSA) is 21.3 Å². The third-order valence-corrected chi connectivity index (χ3v) is 2.10. The van der Waals surface area contributed by atoms with Gasteiger partial charge < -0.3 is 10.1 Å². The van der Waals surface area contributed by atoms with Crippen LogP contribution in [0.1, 0.15) is 27.2 Å². The van der Waals surface area contributed by atoms with Crippen molar-refractivity contribution in [1.29, 1.82) is 0 Å². The first kappa shape index (κ1) is 9.92. The summed E-state index contributed by atoms with van der Waals surface area (Å²) in [6, 6.07) is 0. The molecule has 0 rings (SSSR count). The zero-order valence-electron chi connectivity index (χ0n) is 7.69. The van der Waals surface area contributed by atoms with Gasteiger partial charge in [0.2, 0.25) is 0 Å². The van der Waals surface area contributed by atoms with Crippen LogP contribution in [0.4, 0.5) is 0 Å². The first-order valence-electron chi connectivity index (χ1n) is 3.80. The quantitative estimate of drug-likeness (QED) is 0.646. The van der Waals surface area contributed by atoms with Gasteiger partial charge in [0.05, 0.1) is 6.10 Å². The molecule has 10 heavy (non-hydrogen) atoms. The summed E-state index contributed by atoms with van der Waals surface area (Å²) in [5, 5.41) is 3.22. The van der Waals surface area contributed by atoms with Gasteiger partial charge in [0, 0.05) is 12.6 Å². The van der Waals surface area contributed by atoms with Gasteiger partial charge in [-0.3, -0.25) is 0 Å². The third kappa shape index (κ3) is 2.27. The molecule has 0 aromatic rings. The van der Waals surface area contributed by atoms with Crippen LogP contribution < -0.4 is 5.32 Å². The van der Waals surface area contributed by atoms with E-state index >= 15 is 0 Å². The average Bonchev–Trinajstić information content (AvgIpc) is 1.90. The van der Waals surface area contributed by atoms with Crippen LogP contribution in [0.25, 0.3) is 0 Å². The van der Waals surface area contributed by atoms with Crippen LogP contribution in [0.5, 0.6) is 0 Å². The minimum absolute atomic E-state index is 0.0868. The number of hydrogen-bond donors (Lipinski definition) is 1. The normalized spacial score (nSPS) is 15.3. The van der Waals surface area contributed by atoms with Crippen molar-refractivity contribution >= 4 is 0 Å². The van der Waals surface area contributed by atoms with Gasteiger partial charge >= 0.3 is 0 Å². The fourth-order valence-corrected chi connectivity index (χ4v) is 1.13. The number of methoxy groups -OCH3 is 1. The highest BCUT2D eigenvalue weighted by atomic mass is 16.5. The highest BCUT2D eigenvalue weighted by Gasteiger charge is 2.25. The van der Waals surface area contributed by atoms with Gasteiger partial charge in [-0.1, -0.05) is 6.92 Å². The van der Waals surface area contributed by atoms with E-state index in [1.54, 1.807) is 7.11 Å². The van der Waals surface area contributed by atoms with E-state index in [1.165, 1.54) is 0 Å². The van der Waals surface area contributed by atoms with E-state index in [0.29, 0.717) is 6.10 Å². The molecule has 0 saturated carbocycles. The Labute approximate surface area is 64.0 Å². The lowest BCUT2D eigenvalue weighted by Gasteiger charge is -2.32. The Morgan fingerprint density at radius 2 is 2.00 bits per heavy atom. The zero-order valence-corrected chi connectivity index (χ0v) is 7.69. The SMILES string of the molecule is CCC(OC)C(C)(C)NC. The molecule has 0 heterocycles. The van der Waals surface area contributed by atoms with Crippen molar-refractivity contribution in [2.45, 2.75) is 38.8 Å². The molecule has 2 nitrogen and oxygen atoms in total. The van der Waals surface area contributed by atoms with Gasteiger partial charge in [-0.2, -0.15) is 0 Å². The van der Waals surface area contributed by atoms with Gasteiger partial charge in [0.15, 0.2) is 0 Å². The summed E-state index contributed by atoms with van der Waals surface area (Å²) < 4.78 is 5.29. The number of nitrogens with one attached hydrogen (secondary N) is 1. The maximum Gasteiger partial charge on any atom is 0.0744 e. The summed E-state index contributed by atoms with van der Waals surface area (Å²) in [5.74, 6) is 0. The molecule has 0 bridgehead atoms. The third-order valence-electron chi connectivity index (χ3n) is 2.10. The van der Waals surface area contributed by atoms with Crippen molar-refractivity contribution in [2.24, 2.45) is 0 Å². The summed E-state index contributed by atoms with van der Waals surface area (Å²) >= 11 is 0. The molecule has 0 spiro atoms. The van der Waals surface area contributed by atoms with E-state index in [0.717, 1.165) is 6.42 Å². The summed E-state index contributed by atoms with van der Waals surface area (Å²) in [6.45, 7) is 6.42. The second-order valence-electron chi connectivity index (χ2n) is 3.10. The van der Waals surface area contributed by atoms with E-state index in [9.17, 15) is 0 Å². The molecular formula is C8H19NO. The average molecular weight is 145 g/mol. The second kappa shape index (κ2) is 3.94. The Morgan fingerprint density at radius 1 is 1.50 bits per heavy atom. The fourth-order valence-electron chi connectivity index (χ4n) is 1.13. The Bertz CT molecular complexity index is 87.3. The Kier molecular flexibility index (Phi) is 3.91. The zero-order chi connectivity index (χ0) is 8.20. The first-order valence-corrected chi connectivity index (χ1v) is 3.80. The van der Waals surface area contributed by atoms with Gasteiger partial charge in [0.25, 0.3) is 0 Å². The lowest BCUT2D eigenvalue weighted by Crippen LogP contribution is -2.48. The van der Waals surface area contributed by atoms with Crippen LogP contribution in [0.15, 0.2) is 0 Å². The van der Waals surface area contributed by atoms with Crippen LogP contribution in [-0.2, 0) is 4.74 Å². The highest BCUT2D eigenvalue weighted by molar-refractivity contribution is 4.84. The molecule has 0 aliphatic rings. The number of hydrogen-bond acceptors (Lipinski definition) is 2. The van der Waals surface area contributed by atoms with Gasteiger partial charge in [-0.25, -0.2) is 0 Å². The Morgan fingerprint density at radius 3 is 2.10 bits per heavy atom. The van der Waals surface area contributed by atoms with Crippen LogP contribution in [0, 0.1) is 0 Å². The van der Waals surface area contributed by atoms with E-state index in [4.69, 9.17) is 4.74 Å². The molecule has 0 aromatic carbocycles. The maximum absolute atomic E-state index is 5.29. The molecule has 2 heteroatoms. The van der Waals surface area contributed by atoms with Crippen molar-refractivity contribution < 1.29 is 4.74 Å². The Balaban J connectivity index is 3.97. The summed E-state index contributed by atoms with van der Waals surface area (Å²) in [7, 11) is 3.72. The fraction of sp³-hybridized carbons (Fsp3) is 1.00. The molecule has 0 aliphatic heterocycles. The summed E-state index contributed by atoms with van der Waals surface area (Å²) in [6.07, 6.45) is 1.35. The summed E-state index contributed by atoms with van der Waals surface area (Å²) in [4.78, 5) is 0.